The summed E-state index contributed by atoms with van der Waals surface area (Å²) in [6.07, 6.45) is 0.114. The van der Waals surface area contributed by atoms with Gasteiger partial charge >= 0.3 is 0 Å². The number of hydrogen-bond donors (Lipinski definition) is 2. The number of aliphatic hydroxyl groups excluding tert-OH is 1. The maximum Gasteiger partial charge on any atom is 0.105 e. The van der Waals surface area contributed by atoms with E-state index in [0.29, 0.717) is 0 Å². The highest BCUT2D eigenvalue weighted by atomic mass is 16.3. The van der Waals surface area contributed by atoms with Crippen molar-refractivity contribution in [3.63, 3.8) is 0 Å². The van der Waals surface area contributed by atoms with Gasteiger partial charge in [-0.1, -0.05) is 37.3 Å². The first kappa shape index (κ1) is 9.23. The van der Waals surface area contributed by atoms with E-state index in [2.05, 4.69) is 0 Å². The van der Waals surface area contributed by atoms with Crippen molar-refractivity contribution in [1.82, 2.24) is 0 Å². The molecular formula is C10H15NO. The average molecular weight is 165 g/mol. The molecule has 2 atom stereocenters. The van der Waals surface area contributed by atoms with E-state index in [1.807, 2.05) is 37.3 Å². The van der Waals surface area contributed by atoms with Crippen LogP contribution in [0.3, 0.4) is 0 Å². The summed E-state index contributed by atoms with van der Waals surface area (Å²) in [6, 6.07) is 10.0. The largest absolute Gasteiger partial charge is 0.379 e. The van der Waals surface area contributed by atoms with Gasteiger partial charge in [0.2, 0.25) is 0 Å². The predicted octanol–water partition coefficient (Wildman–Crippen LogP) is 1.14. The van der Waals surface area contributed by atoms with Crippen LogP contribution in [0.5, 0.6) is 0 Å². The molecule has 0 aliphatic heterocycles. The molecule has 0 aromatic heterocycles. The fraction of sp³-hybridized carbons (Fsp3) is 0.400. The summed E-state index contributed by atoms with van der Waals surface area (Å²) in [4.78, 5) is 0. The van der Waals surface area contributed by atoms with Crippen molar-refractivity contribution in [3.8, 4) is 0 Å². The normalized spacial score (nSPS) is 15.6. The van der Waals surface area contributed by atoms with Crippen LogP contribution in [0.4, 0.5) is 0 Å². The third-order valence-corrected chi connectivity index (χ3v) is 1.98. The molecule has 1 aromatic carbocycles. The maximum atomic E-state index is 9.06. The van der Waals surface area contributed by atoms with Crippen LogP contribution in [-0.2, 0) is 6.42 Å². The molecule has 0 saturated heterocycles. The lowest BCUT2D eigenvalue weighted by Gasteiger charge is -2.13. The van der Waals surface area contributed by atoms with Gasteiger partial charge in [0.25, 0.3) is 0 Å². The fourth-order valence-corrected chi connectivity index (χ4v) is 1.11. The van der Waals surface area contributed by atoms with Crippen LogP contribution in [0.1, 0.15) is 12.5 Å². The van der Waals surface area contributed by atoms with E-state index in [4.69, 9.17) is 10.8 Å². The highest BCUT2D eigenvalue weighted by Gasteiger charge is 2.08. The van der Waals surface area contributed by atoms with Gasteiger partial charge in [0.15, 0.2) is 0 Å². The molecule has 0 fully saturated rings. The second-order valence-corrected chi connectivity index (χ2v) is 3.16. The van der Waals surface area contributed by atoms with Gasteiger partial charge in [-0.15, -0.1) is 0 Å². The third kappa shape index (κ3) is 2.64. The summed E-state index contributed by atoms with van der Waals surface area (Å²) in [5, 5.41) is 9.06. The zero-order chi connectivity index (χ0) is 8.97. The van der Waals surface area contributed by atoms with Gasteiger partial charge in [-0.2, -0.15) is 0 Å². The molecule has 2 heteroatoms. The number of aliphatic hydroxyl groups is 1. The van der Waals surface area contributed by atoms with Crippen LogP contribution < -0.4 is 5.73 Å². The Labute approximate surface area is 73.0 Å². The summed E-state index contributed by atoms with van der Waals surface area (Å²) in [5.74, 6) is 0.118. The molecule has 0 spiro atoms. The first-order valence-corrected chi connectivity index (χ1v) is 4.17. The van der Waals surface area contributed by atoms with Crippen molar-refractivity contribution in [2.75, 3.05) is 0 Å². The van der Waals surface area contributed by atoms with Crippen LogP contribution in [-0.4, -0.2) is 11.3 Å². The highest BCUT2D eigenvalue weighted by molar-refractivity contribution is 5.15. The molecule has 0 aliphatic rings. The number of hydrogen-bond acceptors (Lipinski definition) is 2. The molecule has 2 nitrogen and oxygen atoms in total. The first-order chi connectivity index (χ1) is 5.70. The van der Waals surface area contributed by atoms with Gasteiger partial charge in [0.05, 0.1) is 0 Å². The van der Waals surface area contributed by atoms with Gasteiger partial charge in [-0.3, -0.25) is 0 Å². The molecular weight excluding hydrogens is 150 g/mol. The minimum atomic E-state index is -0.717. The second kappa shape index (κ2) is 4.24. The summed E-state index contributed by atoms with van der Waals surface area (Å²) < 4.78 is 0. The van der Waals surface area contributed by atoms with Crippen molar-refractivity contribution >= 4 is 0 Å². The second-order valence-electron chi connectivity index (χ2n) is 3.16. The zero-order valence-corrected chi connectivity index (χ0v) is 7.27. The Hall–Kier alpha value is -0.860. The highest BCUT2D eigenvalue weighted by Crippen LogP contribution is 2.08. The van der Waals surface area contributed by atoms with E-state index in [-0.39, 0.29) is 5.92 Å². The van der Waals surface area contributed by atoms with Crippen LogP contribution >= 0.6 is 0 Å². The molecule has 0 amide bonds. The van der Waals surface area contributed by atoms with Crippen LogP contribution in [0.2, 0.25) is 0 Å². The summed E-state index contributed by atoms with van der Waals surface area (Å²) in [5.41, 5.74) is 6.56. The van der Waals surface area contributed by atoms with E-state index >= 15 is 0 Å². The van der Waals surface area contributed by atoms with E-state index in [0.717, 1.165) is 6.42 Å². The molecule has 12 heavy (non-hydrogen) atoms. The molecule has 3 N–H and O–H groups in total. The summed E-state index contributed by atoms with van der Waals surface area (Å²) in [6.45, 7) is 1.94. The Balaban J connectivity index is 2.53. The molecule has 1 aromatic rings. The molecule has 0 bridgehead atoms. The minimum Gasteiger partial charge on any atom is -0.379 e. The molecule has 1 rings (SSSR count). The van der Waals surface area contributed by atoms with Crippen LogP contribution in [0.15, 0.2) is 30.3 Å². The fourth-order valence-electron chi connectivity index (χ4n) is 1.11. The van der Waals surface area contributed by atoms with Gasteiger partial charge < -0.3 is 10.8 Å². The van der Waals surface area contributed by atoms with E-state index in [1.165, 1.54) is 5.56 Å². The van der Waals surface area contributed by atoms with E-state index in [9.17, 15) is 0 Å². The molecule has 2 unspecified atom stereocenters. The topological polar surface area (TPSA) is 46.2 Å². The molecule has 0 saturated carbocycles. The maximum absolute atomic E-state index is 9.06. The van der Waals surface area contributed by atoms with Crippen LogP contribution in [0, 0.1) is 5.92 Å². The summed E-state index contributed by atoms with van der Waals surface area (Å²) >= 11 is 0. The molecule has 0 heterocycles. The monoisotopic (exact) mass is 165 g/mol. The molecule has 0 radical (unpaired) electrons. The predicted molar refractivity (Wildman–Crippen MR) is 49.5 cm³/mol. The van der Waals surface area contributed by atoms with Crippen molar-refractivity contribution in [1.29, 1.82) is 0 Å². The Bertz CT molecular complexity index is 221. The smallest absolute Gasteiger partial charge is 0.105 e. The van der Waals surface area contributed by atoms with Gasteiger partial charge in [-0.25, -0.2) is 0 Å². The number of nitrogens with two attached hydrogens (primary N) is 1. The number of rotatable bonds is 3. The standard InChI is InChI=1S/C10H15NO/c1-8(10(11)12)7-9-5-3-2-4-6-9/h2-6,8,10,12H,7,11H2,1H3. The molecule has 0 aliphatic carbocycles. The lowest BCUT2D eigenvalue weighted by molar-refractivity contribution is 0.123. The Kier molecular flexibility index (Phi) is 3.26. The van der Waals surface area contributed by atoms with Crippen molar-refractivity contribution in [2.45, 2.75) is 19.6 Å². The van der Waals surface area contributed by atoms with Gasteiger partial charge in [-0.05, 0) is 17.9 Å². The lowest BCUT2D eigenvalue weighted by Crippen LogP contribution is -2.28. The van der Waals surface area contributed by atoms with E-state index < -0.39 is 6.23 Å². The summed E-state index contributed by atoms with van der Waals surface area (Å²) in [7, 11) is 0. The minimum absolute atomic E-state index is 0.118. The Morgan fingerprint density at radius 2 is 1.92 bits per heavy atom. The Morgan fingerprint density at radius 3 is 2.42 bits per heavy atom. The SMILES string of the molecule is CC(Cc1ccccc1)C(N)O. The van der Waals surface area contributed by atoms with E-state index in [1.54, 1.807) is 0 Å². The van der Waals surface area contributed by atoms with Gasteiger partial charge in [0, 0.05) is 0 Å². The van der Waals surface area contributed by atoms with Crippen molar-refractivity contribution in [2.24, 2.45) is 11.7 Å². The Morgan fingerprint density at radius 1 is 1.33 bits per heavy atom. The zero-order valence-electron chi connectivity index (χ0n) is 7.27. The van der Waals surface area contributed by atoms with Crippen LogP contribution in [0.25, 0.3) is 0 Å². The van der Waals surface area contributed by atoms with Crippen molar-refractivity contribution in [3.05, 3.63) is 35.9 Å². The molecule has 66 valence electrons. The lowest BCUT2D eigenvalue weighted by atomic mass is 10.0. The van der Waals surface area contributed by atoms with Crippen molar-refractivity contribution < 1.29 is 5.11 Å². The number of benzene rings is 1. The average Bonchev–Trinajstić information content (AvgIpc) is 2.06. The quantitative estimate of drug-likeness (QED) is 0.660. The third-order valence-electron chi connectivity index (χ3n) is 1.98. The van der Waals surface area contributed by atoms with Gasteiger partial charge in [0.1, 0.15) is 6.23 Å². The first-order valence-electron chi connectivity index (χ1n) is 4.17.